The fourth-order valence-corrected chi connectivity index (χ4v) is 2.92. The van der Waals surface area contributed by atoms with Gasteiger partial charge in [-0.2, -0.15) is 9.61 Å². The van der Waals surface area contributed by atoms with Crippen molar-refractivity contribution in [2.24, 2.45) is 0 Å². The first kappa shape index (κ1) is 13.7. The lowest BCUT2D eigenvalue weighted by atomic mass is 10.2. The zero-order valence-electron chi connectivity index (χ0n) is 12.2. The molecule has 7 heteroatoms. The molecule has 0 radical (unpaired) electrons. The van der Waals surface area contributed by atoms with E-state index in [0.717, 1.165) is 27.0 Å². The highest BCUT2D eigenvalue weighted by Crippen LogP contribution is 2.25. The normalized spacial score (nSPS) is 11.5. The summed E-state index contributed by atoms with van der Waals surface area (Å²) in [4.78, 5) is 0.738. The lowest BCUT2D eigenvalue weighted by Gasteiger charge is -2.01. The van der Waals surface area contributed by atoms with E-state index in [9.17, 15) is 0 Å². The highest BCUT2D eigenvalue weighted by atomic mass is 32.1. The third kappa shape index (κ3) is 2.62. The molecule has 4 rings (SSSR count). The van der Waals surface area contributed by atoms with E-state index in [1.165, 1.54) is 11.3 Å². The molecule has 1 aromatic carbocycles. The van der Waals surface area contributed by atoms with Crippen molar-refractivity contribution in [3.63, 3.8) is 0 Å². The van der Waals surface area contributed by atoms with E-state index in [4.69, 9.17) is 9.15 Å². The van der Waals surface area contributed by atoms with Crippen molar-refractivity contribution in [1.82, 2.24) is 19.8 Å². The Bertz CT molecular complexity index is 969. The Morgan fingerprint density at radius 1 is 1.17 bits per heavy atom. The van der Waals surface area contributed by atoms with Crippen molar-refractivity contribution in [2.45, 2.75) is 0 Å². The molecule has 6 nitrogen and oxygen atoms in total. The standard InChI is InChI=1S/C16H12N4O2S/c1-21-13-5-2-4-11(10-13)15-17-18-16-20(15)19-14(23-16)8-7-12-6-3-9-22-12/h2-10H,1H3/b8-7-. The first-order valence-corrected chi connectivity index (χ1v) is 7.73. The zero-order valence-corrected chi connectivity index (χ0v) is 13.0. The Hall–Kier alpha value is -2.93. The molecule has 3 heterocycles. The smallest absolute Gasteiger partial charge is 0.235 e. The number of aromatic nitrogens is 4. The highest BCUT2D eigenvalue weighted by Gasteiger charge is 2.12. The Kier molecular flexibility index (Phi) is 3.39. The maximum absolute atomic E-state index is 5.27. The van der Waals surface area contributed by atoms with E-state index in [1.807, 2.05) is 48.6 Å². The summed E-state index contributed by atoms with van der Waals surface area (Å²) in [7, 11) is 1.64. The predicted molar refractivity (Wildman–Crippen MR) is 88.3 cm³/mol. The molecule has 23 heavy (non-hydrogen) atoms. The zero-order chi connectivity index (χ0) is 15.6. The molecule has 0 atom stereocenters. The molecule has 3 aromatic heterocycles. The summed E-state index contributed by atoms with van der Waals surface area (Å²) in [6.07, 6.45) is 5.41. The molecule has 0 aliphatic carbocycles. The maximum Gasteiger partial charge on any atom is 0.235 e. The van der Waals surface area contributed by atoms with Crippen LogP contribution in [-0.4, -0.2) is 26.9 Å². The van der Waals surface area contributed by atoms with Gasteiger partial charge in [-0.25, -0.2) is 0 Å². The predicted octanol–water partition coefficient (Wildman–Crippen LogP) is 3.62. The van der Waals surface area contributed by atoms with E-state index in [-0.39, 0.29) is 0 Å². The summed E-state index contributed by atoms with van der Waals surface area (Å²) >= 11 is 1.46. The number of fused-ring (bicyclic) bond motifs is 1. The fourth-order valence-electron chi connectivity index (χ4n) is 2.18. The summed E-state index contributed by atoms with van der Waals surface area (Å²) in [5.74, 6) is 2.24. The Labute approximate surface area is 135 Å². The summed E-state index contributed by atoms with van der Waals surface area (Å²) < 4.78 is 12.3. The second kappa shape index (κ2) is 5.69. The van der Waals surface area contributed by atoms with Gasteiger partial charge in [-0.15, -0.1) is 10.2 Å². The van der Waals surface area contributed by atoms with Crippen molar-refractivity contribution in [2.75, 3.05) is 7.11 Å². The monoisotopic (exact) mass is 324 g/mol. The van der Waals surface area contributed by atoms with Gasteiger partial charge in [0.15, 0.2) is 5.82 Å². The van der Waals surface area contributed by atoms with Crippen molar-refractivity contribution in [3.05, 3.63) is 53.4 Å². The summed E-state index contributed by atoms with van der Waals surface area (Å²) in [5, 5.41) is 13.8. The average Bonchev–Trinajstić information content (AvgIpc) is 3.29. The summed E-state index contributed by atoms with van der Waals surface area (Å²) in [6, 6.07) is 11.4. The number of benzene rings is 1. The minimum Gasteiger partial charge on any atom is -0.497 e. The van der Waals surface area contributed by atoms with Crippen molar-refractivity contribution < 1.29 is 9.15 Å². The number of rotatable bonds is 4. The SMILES string of the molecule is COc1cccc(-c2nnc3sc(/C=C\c4ccco4)nn23)c1. The minimum absolute atomic E-state index is 0.688. The third-order valence-electron chi connectivity index (χ3n) is 3.27. The fraction of sp³-hybridized carbons (Fsp3) is 0.0625. The molecule has 0 fully saturated rings. The van der Waals surface area contributed by atoms with Crippen LogP contribution in [0, 0.1) is 0 Å². The number of furan rings is 1. The molecule has 0 unspecified atom stereocenters. The first-order chi connectivity index (χ1) is 11.3. The number of methoxy groups -OCH3 is 1. The summed E-state index contributed by atoms with van der Waals surface area (Å²) in [5.41, 5.74) is 0.906. The highest BCUT2D eigenvalue weighted by molar-refractivity contribution is 7.17. The van der Waals surface area contributed by atoms with Gasteiger partial charge < -0.3 is 9.15 Å². The van der Waals surface area contributed by atoms with Crippen LogP contribution in [0.1, 0.15) is 10.8 Å². The lowest BCUT2D eigenvalue weighted by Crippen LogP contribution is -1.91. The number of hydrogen-bond acceptors (Lipinski definition) is 6. The van der Waals surface area contributed by atoms with E-state index in [1.54, 1.807) is 17.9 Å². The van der Waals surface area contributed by atoms with Crippen molar-refractivity contribution in [1.29, 1.82) is 0 Å². The molecular formula is C16H12N4O2S. The van der Waals surface area contributed by atoms with Crippen LogP contribution in [0.25, 0.3) is 28.5 Å². The van der Waals surface area contributed by atoms with Crippen LogP contribution in [0.4, 0.5) is 0 Å². The van der Waals surface area contributed by atoms with Crippen LogP contribution in [0.15, 0.2) is 47.1 Å². The number of hydrogen-bond donors (Lipinski definition) is 0. The van der Waals surface area contributed by atoms with Gasteiger partial charge in [0.05, 0.1) is 13.4 Å². The van der Waals surface area contributed by atoms with Crippen LogP contribution >= 0.6 is 11.3 Å². The maximum atomic E-state index is 5.27. The van der Waals surface area contributed by atoms with E-state index in [2.05, 4.69) is 15.3 Å². The molecule has 0 amide bonds. The third-order valence-corrected chi connectivity index (χ3v) is 4.13. The van der Waals surface area contributed by atoms with E-state index >= 15 is 0 Å². The second-order valence-electron chi connectivity index (χ2n) is 4.74. The van der Waals surface area contributed by atoms with Gasteiger partial charge in [-0.3, -0.25) is 0 Å². The molecule has 0 saturated carbocycles. The van der Waals surface area contributed by atoms with E-state index in [0.29, 0.717) is 5.82 Å². The largest absolute Gasteiger partial charge is 0.497 e. The average molecular weight is 324 g/mol. The van der Waals surface area contributed by atoms with Crippen LogP contribution in [0.2, 0.25) is 0 Å². The second-order valence-corrected chi connectivity index (χ2v) is 5.73. The van der Waals surface area contributed by atoms with Gasteiger partial charge in [0, 0.05) is 5.56 Å². The van der Waals surface area contributed by atoms with Crippen LogP contribution in [0.3, 0.4) is 0 Å². The Balaban J connectivity index is 1.71. The Morgan fingerprint density at radius 2 is 2.13 bits per heavy atom. The topological polar surface area (TPSA) is 65.5 Å². The number of ether oxygens (including phenoxy) is 1. The van der Waals surface area contributed by atoms with Gasteiger partial charge in [-0.1, -0.05) is 23.5 Å². The molecule has 0 saturated heterocycles. The molecule has 4 aromatic rings. The van der Waals surface area contributed by atoms with Crippen LogP contribution in [0.5, 0.6) is 5.75 Å². The van der Waals surface area contributed by atoms with Gasteiger partial charge >= 0.3 is 0 Å². The van der Waals surface area contributed by atoms with Crippen molar-refractivity contribution in [3.8, 4) is 17.1 Å². The van der Waals surface area contributed by atoms with Gasteiger partial charge in [0.1, 0.15) is 16.5 Å². The van der Waals surface area contributed by atoms with Gasteiger partial charge in [0.25, 0.3) is 0 Å². The quantitative estimate of drug-likeness (QED) is 0.573. The molecule has 114 valence electrons. The van der Waals surface area contributed by atoms with Crippen LogP contribution in [-0.2, 0) is 0 Å². The molecule has 0 bridgehead atoms. The number of nitrogens with zero attached hydrogens (tertiary/aromatic N) is 4. The molecule has 0 aliphatic rings. The van der Waals surface area contributed by atoms with E-state index < -0.39 is 0 Å². The first-order valence-electron chi connectivity index (χ1n) is 6.92. The summed E-state index contributed by atoms with van der Waals surface area (Å²) in [6.45, 7) is 0. The molecule has 0 aliphatic heterocycles. The molecule has 0 N–H and O–H groups in total. The molecular weight excluding hydrogens is 312 g/mol. The van der Waals surface area contributed by atoms with Crippen LogP contribution < -0.4 is 4.74 Å². The lowest BCUT2D eigenvalue weighted by molar-refractivity contribution is 0.415. The Morgan fingerprint density at radius 3 is 2.96 bits per heavy atom. The van der Waals surface area contributed by atoms with Gasteiger partial charge in [0.2, 0.25) is 4.96 Å². The van der Waals surface area contributed by atoms with Crippen molar-refractivity contribution >= 4 is 28.4 Å². The minimum atomic E-state index is 0.688. The van der Waals surface area contributed by atoms with Gasteiger partial charge in [-0.05, 0) is 36.4 Å². The molecule has 0 spiro atoms.